The maximum Gasteiger partial charge on any atom is 0.290 e. The number of rotatable bonds is 1. The van der Waals surface area contributed by atoms with Gasteiger partial charge in [-0.05, 0) is 40.2 Å². The summed E-state index contributed by atoms with van der Waals surface area (Å²) in [6, 6.07) is 7.99. The first kappa shape index (κ1) is 10.6. The molecule has 5 heteroatoms. The van der Waals surface area contributed by atoms with Gasteiger partial charge < -0.3 is 0 Å². The molecule has 84 valence electrons. The van der Waals surface area contributed by atoms with Gasteiger partial charge in [0.2, 0.25) is 0 Å². The monoisotopic (exact) mass is 261 g/mol. The summed E-state index contributed by atoms with van der Waals surface area (Å²) in [5.74, 6) is -0.310. The van der Waals surface area contributed by atoms with Crippen molar-refractivity contribution in [3.8, 4) is 0 Å². The Hall–Kier alpha value is -1.59. The molecule has 0 aliphatic carbocycles. The molecule has 3 nitrogen and oxygen atoms in total. The number of thioether (sulfide) groups is 1. The third kappa shape index (κ3) is 1.87. The zero-order chi connectivity index (χ0) is 11.8. The number of carbonyl (C=O) groups excluding carboxylic acids is 2. The van der Waals surface area contributed by atoms with E-state index in [9.17, 15) is 9.59 Å². The number of amides is 2. The lowest BCUT2D eigenvalue weighted by atomic mass is 10.1. The maximum absolute atomic E-state index is 11.4. The number of nitrogens with one attached hydrogen (secondary N) is 1. The molecule has 0 bridgehead atoms. The first-order valence-corrected chi connectivity index (χ1v) is 6.65. The Morgan fingerprint density at radius 2 is 2.00 bits per heavy atom. The molecule has 0 unspecified atom stereocenters. The van der Waals surface area contributed by atoms with Crippen LogP contribution in [0.2, 0.25) is 0 Å². The normalized spacial score (nSPS) is 18.0. The first-order valence-electron chi connectivity index (χ1n) is 4.95. The van der Waals surface area contributed by atoms with Crippen LogP contribution in [0.3, 0.4) is 0 Å². The summed E-state index contributed by atoms with van der Waals surface area (Å²) >= 11 is 2.58. The Morgan fingerprint density at radius 3 is 2.76 bits per heavy atom. The van der Waals surface area contributed by atoms with Crippen molar-refractivity contribution < 1.29 is 9.59 Å². The Labute approximate surface area is 106 Å². The van der Waals surface area contributed by atoms with E-state index in [1.807, 2.05) is 29.6 Å². The number of thiophene rings is 1. The summed E-state index contributed by atoms with van der Waals surface area (Å²) < 4.78 is 1.18. The van der Waals surface area contributed by atoms with Gasteiger partial charge in [-0.3, -0.25) is 14.9 Å². The number of hydrogen-bond donors (Lipinski definition) is 1. The molecule has 1 fully saturated rings. The van der Waals surface area contributed by atoms with Gasteiger partial charge in [0.15, 0.2) is 0 Å². The number of fused-ring (bicyclic) bond motifs is 1. The lowest BCUT2D eigenvalue weighted by molar-refractivity contribution is -0.115. The van der Waals surface area contributed by atoms with Crippen LogP contribution in [-0.4, -0.2) is 11.1 Å². The van der Waals surface area contributed by atoms with Crippen molar-refractivity contribution in [2.24, 2.45) is 0 Å². The molecule has 2 aromatic rings. The van der Waals surface area contributed by atoms with Gasteiger partial charge in [0.1, 0.15) is 0 Å². The van der Waals surface area contributed by atoms with Gasteiger partial charge in [0.05, 0.1) is 4.91 Å². The highest BCUT2D eigenvalue weighted by molar-refractivity contribution is 8.18. The number of benzene rings is 1. The van der Waals surface area contributed by atoms with Gasteiger partial charge in [-0.15, -0.1) is 11.3 Å². The Balaban J connectivity index is 2.08. The van der Waals surface area contributed by atoms with Gasteiger partial charge in [-0.2, -0.15) is 0 Å². The molecule has 0 spiro atoms. The molecule has 1 N–H and O–H groups in total. The van der Waals surface area contributed by atoms with E-state index >= 15 is 0 Å². The van der Waals surface area contributed by atoms with Crippen molar-refractivity contribution in [3.05, 3.63) is 40.1 Å². The van der Waals surface area contributed by atoms with E-state index in [0.717, 1.165) is 22.7 Å². The second-order valence-electron chi connectivity index (χ2n) is 3.54. The van der Waals surface area contributed by atoms with Crippen molar-refractivity contribution in [2.75, 3.05) is 0 Å². The van der Waals surface area contributed by atoms with Crippen LogP contribution >= 0.6 is 23.1 Å². The van der Waals surface area contributed by atoms with Gasteiger partial charge in [-0.25, -0.2) is 0 Å². The van der Waals surface area contributed by atoms with Gasteiger partial charge in [0.25, 0.3) is 11.1 Å². The smallest absolute Gasteiger partial charge is 0.282 e. The van der Waals surface area contributed by atoms with Crippen LogP contribution in [0.25, 0.3) is 16.2 Å². The molecule has 1 saturated heterocycles. The molecule has 1 aliphatic heterocycles. The Morgan fingerprint density at radius 1 is 1.18 bits per heavy atom. The maximum atomic E-state index is 11.4. The Kier molecular flexibility index (Phi) is 2.49. The highest BCUT2D eigenvalue weighted by atomic mass is 32.2. The van der Waals surface area contributed by atoms with E-state index in [1.165, 1.54) is 4.70 Å². The molecule has 3 rings (SSSR count). The van der Waals surface area contributed by atoms with E-state index in [4.69, 9.17) is 0 Å². The number of carbonyl (C=O) groups is 2. The molecular formula is C12H7NO2S2. The lowest BCUT2D eigenvalue weighted by Crippen LogP contribution is -2.17. The predicted molar refractivity (Wildman–Crippen MR) is 70.9 cm³/mol. The van der Waals surface area contributed by atoms with Crippen molar-refractivity contribution in [1.29, 1.82) is 0 Å². The number of hydrogen-bond acceptors (Lipinski definition) is 4. The third-order valence-corrected chi connectivity index (χ3v) is 4.23. The predicted octanol–water partition coefficient (Wildman–Crippen LogP) is 3.23. The van der Waals surface area contributed by atoms with Crippen LogP contribution in [-0.2, 0) is 4.79 Å². The van der Waals surface area contributed by atoms with E-state index in [0.29, 0.717) is 4.91 Å². The van der Waals surface area contributed by atoms with Crippen LogP contribution in [0.5, 0.6) is 0 Å². The first-order chi connectivity index (χ1) is 8.24. The molecule has 0 atom stereocenters. The second-order valence-corrected chi connectivity index (χ2v) is 5.47. The molecule has 2 amide bonds. The molecule has 0 radical (unpaired) electrons. The van der Waals surface area contributed by atoms with Crippen LogP contribution < -0.4 is 5.32 Å². The van der Waals surface area contributed by atoms with Crippen LogP contribution in [0, 0.1) is 0 Å². The lowest BCUT2D eigenvalue weighted by Gasteiger charge is -1.92. The minimum atomic E-state index is -0.310. The number of imide groups is 1. The van der Waals surface area contributed by atoms with Crippen LogP contribution in [0.15, 0.2) is 34.6 Å². The molecule has 2 heterocycles. The highest BCUT2D eigenvalue weighted by Crippen LogP contribution is 2.31. The quantitative estimate of drug-likeness (QED) is 0.802. The second kappa shape index (κ2) is 4.01. The standard InChI is InChI=1S/C12H7NO2S2/c14-11-10(17-12(15)13-11)5-7-6-16-9-4-2-1-3-8(7)9/h1-6H,(H,13,14,15). The van der Waals surface area contributed by atoms with Crippen molar-refractivity contribution in [3.63, 3.8) is 0 Å². The molecule has 1 aromatic carbocycles. The van der Waals surface area contributed by atoms with Crippen molar-refractivity contribution in [2.45, 2.75) is 0 Å². The zero-order valence-electron chi connectivity index (χ0n) is 8.60. The Bertz CT molecular complexity index is 657. The van der Waals surface area contributed by atoms with Crippen molar-refractivity contribution >= 4 is 50.4 Å². The zero-order valence-corrected chi connectivity index (χ0v) is 10.2. The largest absolute Gasteiger partial charge is 0.290 e. The topological polar surface area (TPSA) is 46.2 Å². The van der Waals surface area contributed by atoms with E-state index in [1.54, 1.807) is 17.4 Å². The van der Waals surface area contributed by atoms with E-state index in [2.05, 4.69) is 5.32 Å². The third-order valence-electron chi connectivity index (χ3n) is 2.44. The fourth-order valence-electron chi connectivity index (χ4n) is 1.67. The average molecular weight is 261 g/mol. The summed E-state index contributed by atoms with van der Waals surface area (Å²) in [5, 5.41) is 5.05. The van der Waals surface area contributed by atoms with E-state index < -0.39 is 0 Å². The summed E-state index contributed by atoms with van der Waals surface area (Å²) in [5.41, 5.74) is 0.984. The van der Waals surface area contributed by atoms with E-state index in [-0.39, 0.29) is 11.1 Å². The van der Waals surface area contributed by atoms with Crippen molar-refractivity contribution in [1.82, 2.24) is 5.32 Å². The fraction of sp³-hybridized carbons (Fsp3) is 0. The minimum absolute atomic E-state index is 0.305. The highest BCUT2D eigenvalue weighted by Gasteiger charge is 2.25. The van der Waals surface area contributed by atoms with Gasteiger partial charge >= 0.3 is 0 Å². The summed E-state index contributed by atoms with van der Waals surface area (Å²) in [6.07, 6.45) is 1.77. The average Bonchev–Trinajstić information content (AvgIpc) is 2.85. The summed E-state index contributed by atoms with van der Waals surface area (Å²) in [4.78, 5) is 22.9. The SMILES string of the molecule is O=C1NC(=O)C(=Cc2csc3ccccc23)S1. The van der Waals surface area contributed by atoms with Gasteiger partial charge in [-0.1, -0.05) is 18.2 Å². The van der Waals surface area contributed by atoms with Crippen LogP contribution in [0.4, 0.5) is 4.79 Å². The van der Waals surface area contributed by atoms with Crippen LogP contribution in [0.1, 0.15) is 5.56 Å². The van der Waals surface area contributed by atoms with Gasteiger partial charge in [0, 0.05) is 4.70 Å². The summed E-state index contributed by atoms with van der Waals surface area (Å²) in [7, 11) is 0. The molecular weight excluding hydrogens is 254 g/mol. The molecule has 1 aliphatic rings. The molecule has 17 heavy (non-hydrogen) atoms. The molecule has 0 saturated carbocycles. The minimum Gasteiger partial charge on any atom is -0.282 e. The summed E-state index contributed by atoms with van der Waals surface area (Å²) in [6.45, 7) is 0. The molecule has 1 aromatic heterocycles. The fourth-order valence-corrected chi connectivity index (χ4v) is 3.26.